The monoisotopic (exact) mass is 251 g/mol. The topological polar surface area (TPSA) is 29.9 Å². The average Bonchev–Trinajstić information content (AvgIpc) is 2.76. The highest BCUT2D eigenvalue weighted by molar-refractivity contribution is 5.33. The van der Waals surface area contributed by atoms with Gasteiger partial charge in [0.15, 0.2) is 0 Å². The maximum Gasteiger partial charge on any atom is 0.134 e. The van der Waals surface area contributed by atoms with E-state index in [9.17, 15) is 8.78 Å². The van der Waals surface area contributed by atoms with E-state index >= 15 is 0 Å². The standard InChI is InChI=1S/C13H15F2N3/c1-8-4-5-9(14)11(12(8)15)13(16-2)10-6-17-7-18(10)3/h4-7,13,16H,1-3H3. The molecule has 5 heteroatoms. The van der Waals surface area contributed by atoms with Crippen LogP contribution in [0.5, 0.6) is 0 Å². The molecule has 0 aliphatic carbocycles. The minimum Gasteiger partial charge on any atom is -0.336 e. The molecule has 2 aromatic rings. The zero-order valence-corrected chi connectivity index (χ0v) is 10.5. The fraction of sp³-hybridized carbons (Fsp3) is 0.308. The van der Waals surface area contributed by atoms with Gasteiger partial charge in [-0.05, 0) is 25.6 Å². The number of benzene rings is 1. The third-order valence-electron chi connectivity index (χ3n) is 3.05. The van der Waals surface area contributed by atoms with Gasteiger partial charge in [0.1, 0.15) is 11.6 Å². The molecule has 0 saturated carbocycles. The molecule has 0 fully saturated rings. The van der Waals surface area contributed by atoms with Crippen molar-refractivity contribution in [1.29, 1.82) is 0 Å². The first-order valence-electron chi connectivity index (χ1n) is 5.64. The van der Waals surface area contributed by atoms with Crippen LogP contribution in [0.15, 0.2) is 24.7 Å². The van der Waals surface area contributed by atoms with Crippen LogP contribution in [0, 0.1) is 18.6 Å². The van der Waals surface area contributed by atoms with Gasteiger partial charge in [0.2, 0.25) is 0 Å². The molecule has 2 rings (SSSR count). The second-order valence-electron chi connectivity index (χ2n) is 4.24. The van der Waals surface area contributed by atoms with Gasteiger partial charge in [-0.1, -0.05) is 6.07 Å². The van der Waals surface area contributed by atoms with Crippen molar-refractivity contribution in [3.05, 3.63) is 53.1 Å². The summed E-state index contributed by atoms with van der Waals surface area (Å²) in [6, 6.07) is 2.16. The van der Waals surface area contributed by atoms with Crippen LogP contribution in [0.4, 0.5) is 8.78 Å². The van der Waals surface area contributed by atoms with Crippen LogP contribution in [0.1, 0.15) is 22.9 Å². The molecule has 0 saturated heterocycles. The molecule has 0 aliphatic rings. The Labute approximate surface area is 104 Å². The van der Waals surface area contributed by atoms with E-state index in [1.165, 1.54) is 12.1 Å². The molecule has 1 atom stereocenters. The third kappa shape index (κ3) is 2.01. The lowest BCUT2D eigenvalue weighted by Gasteiger charge is -2.19. The summed E-state index contributed by atoms with van der Waals surface area (Å²) in [5, 5.41) is 2.93. The van der Waals surface area contributed by atoms with Gasteiger partial charge in [-0.3, -0.25) is 0 Å². The summed E-state index contributed by atoms with van der Waals surface area (Å²) >= 11 is 0. The molecule has 0 bridgehead atoms. The fourth-order valence-corrected chi connectivity index (χ4v) is 2.03. The third-order valence-corrected chi connectivity index (χ3v) is 3.05. The number of hydrogen-bond acceptors (Lipinski definition) is 2. The SMILES string of the molecule is CNC(c1c(F)ccc(C)c1F)c1cncn1C. The first kappa shape index (κ1) is 12.7. The lowest BCUT2D eigenvalue weighted by atomic mass is 10.0. The number of rotatable bonds is 3. The van der Waals surface area contributed by atoms with Gasteiger partial charge in [-0.2, -0.15) is 0 Å². The summed E-state index contributed by atoms with van der Waals surface area (Å²) in [6.45, 7) is 1.62. The Kier molecular flexibility index (Phi) is 3.43. The predicted octanol–water partition coefficient (Wildman–Crippen LogP) is 2.32. The molecule has 96 valence electrons. The molecular formula is C13H15F2N3. The van der Waals surface area contributed by atoms with E-state index in [2.05, 4.69) is 10.3 Å². The second-order valence-corrected chi connectivity index (χ2v) is 4.24. The summed E-state index contributed by atoms with van der Waals surface area (Å²) in [7, 11) is 3.46. The van der Waals surface area contributed by atoms with E-state index in [0.717, 1.165) is 0 Å². The highest BCUT2D eigenvalue weighted by Gasteiger charge is 2.23. The maximum absolute atomic E-state index is 14.1. The van der Waals surface area contributed by atoms with Crippen LogP contribution in [-0.2, 0) is 7.05 Å². The minimum absolute atomic E-state index is 0.0288. The van der Waals surface area contributed by atoms with Gasteiger partial charge >= 0.3 is 0 Å². The fourth-order valence-electron chi connectivity index (χ4n) is 2.03. The molecule has 3 nitrogen and oxygen atoms in total. The van der Waals surface area contributed by atoms with Crippen LogP contribution in [0.25, 0.3) is 0 Å². The van der Waals surface area contributed by atoms with Gasteiger partial charge < -0.3 is 9.88 Å². The maximum atomic E-state index is 14.1. The summed E-state index contributed by atoms with van der Waals surface area (Å²) in [5.41, 5.74) is 1.16. The van der Waals surface area contributed by atoms with Gasteiger partial charge in [0.05, 0.1) is 24.3 Å². The Morgan fingerprint density at radius 1 is 1.33 bits per heavy atom. The van der Waals surface area contributed by atoms with Crippen molar-refractivity contribution in [1.82, 2.24) is 14.9 Å². The van der Waals surface area contributed by atoms with Crippen LogP contribution in [0.2, 0.25) is 0 Å². The van der Waals surface area contributed by atoms with E-state index in [4.69, 9.17) is 0 Å². The van der Waals surface area contributed by atoms with Crippen molar-refractivity contribution < 1.29 is 8.78 Å². The van der Waals surface area contributed by atoms with Crippen LogP contribution in [0.3, 0.4) is 0 Å². The smallest absolute Gasteiger partial charge is 0.134 e. The Morgan fingerprint density at radius 2 is 2.06 bits per heavy atom. The van der Waals surface area contributed by atoms with Crippen molar-refractivity contribution in [2.75, 3.05) is 7.05 Å². The van der Waals surface area contributed by atoms with Crippen molar-refractivity contribution in [2.45, 2.75) is 13.0 Å². The summed E-state index contributed by atoms with van der Waals surface area (Å²) in [5.74, 6) is -1.07. The molecule has 18 heavy (non-hydrogen) atoms. The number of nitrogens with one attached hydrogen (secondary N) is 1. The van der Waals surface area contributed by atoms with E-state index in [0.29, 0.717) is 11.3 Å². The van der Waals surface area contributed by atoms with Gasteiger partial charge in [0.25, 0.3) is 0 Å². The van der Waals surface area contributed by atoms with Crippen LogP contribution < -0.4 is 5.32 Å². The molecule has 0 spiro atoms. The highest BCUT2D eigenvalue weighted by atomic mass is 19.1. The number of nitrogens with zero attached hydrogens (tertiary/aromatic N) is 2. The zero-order chi connectivity index (χ0) is 13.3. The van der Waals surface area contributed by atoms with E-state index in [1.54, 1.807) is 38.1 Å². The number of imidazole rings is 1. The Hall–Kier alpha value is -1.75. The van der Waals surface area contributed by atoms with Crippen LogP contribution in [-0.4, -0.2) is 16.6 Å². The van der Waals surface area contributed by atoms with E-state index in [1.807, 2.05) is 0 Å². The van der Waals surface area contributed by atoms with Gasteiger partial charge in [-0.25, -0.2) is 13.8 Å². The normalized spacial score (nSPS) is 12.7. The Bertz CT molecular complexity index is 563. The molecule has 0 aliphatic heterocycles. The molecule has 0 amide bonds. The minimum atomic E-state index is -0.558. The Balaban J connectivity index is 2.59. The molecular weight excluding hydrogens is 236 g/mol. The first-order valence-corrected chi connectivity index (χ1v) is 5.64. The second kappa shape index (κ2) is 4.86. The average molecular weight is 251 g/mol. The molecule has 1 heterocycles. The molecule has 0 radical (unpaired) electrons. The molecule has 1 aromatic heterocycles. The first-order chi connectivity index (χ1) is 8.56. The molecule has 1 unspecified atom stereocenters. The number of aromatic nitrogens is 2. The lowest BCUT2D eigenvalue weighted by Crippen LogP contribution is -2.23. The van der Waals surface area contributed by atoms with Crippen LogP contribution >= 0.6 is 0 Å². The predicted molar refractivity (Wildman–Crippen MR) is 65.2 cm³/mol. The van der Waals surface area contributed by atoms with Gasteiger partial charge in [-0.15, -0.1) is 0 Å². The van der Waals surface area contributed by atoms with Gasteiger partial charge in [0, 0.05) is 12.6 Å². The van der Waals surface area contributed by atoms with E-state index < -0.39 is 17.7 Å². The van der Waals surface area contributed by atoms with Crippen molar-refractivity contribution in [3.63, 3.8) is 0 Å². The van der Waals surface area contributed by atoms with Crippen molar-refractivity contribution in [3.8, 4) is 0 Å². The van der Waals surface area contributed by atoms with Crippen molar-refractivity contribution >= 4 is 0 Å². The number of hydrogen-bond donors (Lipinski definition) is 1. The summed E-state index contributed by atoms with van der Waals surface area (Å²) in [6.07, 6.45) is 3.20. The highest BCUT2D eigenvalue weighted by Crippen LogP contribution is 2.27. The lowest BCUT2D eigenvalue weighted by molar-refractivity contribution is 0.508. The van der Waals surface area contributed by atoms with Crippen molar-refractivity contribution in [2.24, 2.45) is 7.05 Å². The zero-order valence-electron chi connectivity index (χ0n) is 10.5. The number of aryl methyl sites for hydroxylation is 2. The Morgan fingerprint density at radius 3 is 2.61 bits per heavy atom. The summed E-state index contributed by atoms with van der Waals surface area (Å²) < 4.78 is 29.7. The molecule has 1 N–H and O–H groups in total. The largest absolute Gasteiger partial charge is 0.336 e. The summed E-state index contributed by atoms with van der Waals surface area (Å²) in [4.78, 5) is 3.98. The van der Waals surface area contributed by atoms with E-state index in [-0.39, 0.29) is 5.56 Å². The quantitative estimate of drug-likeness (QED) is 0.907. The number of halogens is 2. The molecule has 1 aromatic carbocycles.